The SMILES string of the molecule is Cc1cc(-c2ccc(-c3ccc(OCC(C)C)cc3)c(F)c2)nc2ccc(F)cc12. The molecule has 1 heterocycles. The third kappa shape index (κ3) is 4.18. The van der Waals surface area contributed by atoms with Gasteiger partial charge in [0, 0.05) is 16.5 Å². The number of halogens is 2. The Labute approximate surface area is 175 Å². The average Bonchev–Trinajstić information content (AvgIpc) is 2.73. The highest BCUT2D eigenvalue weighted by Crippen LogP contribution is 2.30. The monoisotopic (exact) mass is 403 g/mol. The molecule has 0 saturated carbocycles. The molecule has 0 unspecified atom stereocenters. The molecule has 4 aromatic rings. The predicted octanol–water partition coefficient (Wildman–Crippen LogP) is 7.19. The van der Waals surface area contributed by atoms with E-state index in [1.165, 1.54) is 18.2 Å². The Hall–Kier alpha value is -3.27. The zero-order chi connectivity index (χ0) is 21.3. The van der Waals surface area contributed by atoms with E-state index >= 15 is 0 Å². The standard InChI is InChI=1S/C26H23F2NO/c1-16(2)15-30-21-8-4-18(5-9-21)22-10-6-19(13-24(22)28)26-12-17(3)23-14-20(27)7-11-25(23)29-26/h4-14,16H,15H2,1-3H3. The van der Waals surface area contributed by atoms with Crippen molar-refractivity contribution >= 4 is 10.9 Å². The van der Waals surface area contributed by atoms with Gasteiger partial charge in [0.05, 0.1) is 17.8 Å². The minimum atomic E-state index is -0.318. The van der Waals surface area contributed by atoms with Crippen LogP contribution in [-0.2, 0) is 0 Å². The number of rotatable bonds is 5. The van der Waals surface area contributed by atoms with Gasteiger partial charge in [0.2, 0.25) is 0 Å². The molecule has 2 nitrogen and oxygen atoms in total. The molecule has 1 aromatic heterocycles. The topological polar surface area (TPSA) is 22.1 Å². The summed E-state index contributed by atoms with van der Waals surface area (Å²) in [6.07, 6.45) is 0. The van der Waals surface area contributed by atoms with Crippen molar-refractivity contribution in [3.63, 3.8) is 0 Å². The van der Waals surface area contributed by atoms with E-state index in [9.17, 15) is 8.78 Å². The summed E-state index contributed by atoms with van der Waals surface area (Å²) < 4.78 is 34.1. The lowest BCUT2D eigenvalue weighted by atomic mass is 10.00. The van der Waals surface area contributed by atoms with Gasteiger partial charge < -0.3 is 4.74 Å². The molecule has 0 N–H and O–H groups in total. The summed E-state index contributed by atoms with van der Waals surface area (Å²) in [7, 11) is 0. The first-order valence-electron chi connectivity index (χ1n) is 10.0. The maximum atomic E-state index is 14.9. The minimum absolute atomic E-state index is 0.295. The Morgan fingerprint density at radius 3 is 2.30 bits per heavy atom. The number of fused-ring (bicyclic) bond motifs is 1. The lowest BCUT2D eigenvalue weighted by Crippen LogP contribution is -2.04. The van der Waals surface area contributed by atoms with Crippen LogP contribution in [0.25, 0.3) is 33.3 Å². The van der Waals surface area contributed by atoms with E-state index in [4.69, 9.17) is 4.74 Å². The molecule has 0 aliphatic heterocycles. The van der Waals surface area contributed by atoms with Gasteiger partial charge in [-0.3, -0.25) is 0 Å². The minimum Gasteiger partial charge on any atom is -0.493 e. The van der Waals surface area contributed by atoms with E-state index < -0.39 is 0 Å². The molecule has 152 valence electrons. The van der Waals surface area contributed by atoms with Gasteiger partial charge >= 0.3 is 0 Å². The first-order chi connectivity index (χ1) is 14.4. The number of benzene rings is 3. The van der Waals surface area contributed by atoms with Gasteiger partial charge in [-0.1, -0.05) is 38.1 Å². The zero-order valence-electron chi connectivity index (χ0n) is 17.2. The molecular weight excluding hydrogens is 380 g/mol. The molecule has 0 atom stereocenters. The fourth-order valence-electron chi connectivity index (χ4n) is 3.42. The van der Waals surface area contributed by atoms with Crippen LogP contribution in [0, 0.1) is 24.5 Å². The molecule has 0 fully saturated rings. The zero-order valence-corrected chi connectivity index (χ0v) is 17.2. The molecule has 4 rings (SSSR count). The molecule has 0 aliphatic carbocycles. The smallest absolute Gasteiger partial charge is 0.131 e. The molecule has 4 heteroatoms. The Morgan fingerprint density at radius 2 is 1.60 bits per heavy atom. The highest BCUT2D eigenvalue weighted by molar-refractivity contribution is 5.85. The second kappa shape index (κ2) is 8.23. The van der Waals surface area contributed by atoms with Crippen molar-refractivity contribution in [2.24, 2.45) is 5.92 Å². The third-order valence-corrected chi connectivity index (χ3v) is 4.99. The largest absolute Gasteiger partial charge is 0.493 e. The lowest BCUT2D eigenvalue weighted by molar-refractivity contribution is 0.271. The summed E-state index contributed by atoms with van der Waals surface area (Å²) >= 11 is 0. The van der Waals surface area contributed by atoms with Crippen LogP contribution in [-0.4, -0.2) is 11.6 Å². The van der Waals surface area contributed by atoms with Gasteiger partial charge in [0.1, 0.15) is 17.4 Å². The molecule has 0 bridgehead atoms. The van der Waals surface area contributed by atoms with Gasteiger partial charge in [-0.2, -0.15) is 0 Å². The van der Waals surface area contributed by atoms with Crippen LogP contribution in [0.4, 0.5) is 8.78 Å². The number of aromatic nitrogens is 1. The quantitative estimate of drug-likeness (QED) is 0.352. The van der Waals surface area contributed by atoms with Crippen LogP contribution in [0.2, 0.25) is 0 Å². The highest BCUT2D eigenvalue weighted by Gasteiger charge is 2.11. The molecule has 0 spiro atoms. The maximum absolute atomic E-state index is 14.9. The lowest BCUT2D eigenvalue weighted by Gasteiger charge is -2.11. The van der Waals surface area contributed by atoms with Gasteiger partial charge in [-0.15, -0.1) is 0 Å². The number of nitrogens with zero attached hydrogens (tertiary/aromatic N) is 1. The summed E-state index contributed by atoms with van der Waals surface area (Å²) in [6, 6.07) is 18.9. The molecular formula is C26H23F2NO. The molecule has 30 heavy (non-hydrogen) atoms. The van der Waals surface area contributed by atoms with Crippen molar-refractivity contribution < 1.29 is 13.5 Å². The van der Waals surface area contributed by atoms with Crippen LogP contribution in [0.3, 0.4) is 0 Å². The van der Waals surface area contributed by atoms with Crippen molar-refractivity contribution in [2.75, 3.05) is 6.61 Å². The van der Waals surface area contributed by atoms with Crippen molar-refractivity contribution in [2.45, 2.75) is 20.8 Å². The summed E-state index contributed by atoms with van der Waals surface area (Å²) in [5.74, 6) is 0.607. The number of aryl methyl sites for hydroxylation is 1. The maximum Gasteiger partial charge on any atom is 0.131 e. The van der Waals surface area contributed by atoms with Gasteiger partial charge in [-0.05, 0) is 66.4 Å². The van der Waals surface area contributed by atoms with E-state index in [0.717, 1.165) is 22.3 Å². The normalized spacial score (nSPS) is 11.3. The van der Waals surface area contributed by atoms with E-state index in [-0.39, 0.29) is 11.6 Å². The second-order valence-electron chi connectivity index (χ2n) is 7.91. The van der Waals surface area contributed by atoms with Crippen molar-refractivity contribution in [3.05, 3.63) is 83.9 Å². The average molecular weight is 403 g/mol. The Balaban J connectivity index is 1.63. The fraction of sp³-hybridized carbons (Fsp3) is 0.192. The van der Waals surface area contributed by atoms with Crippen molar-refractivity contribution in [1.82, 2.24) is 4.98 Å². The van der Waals surface area contributed by atoms with Crippen LogP contribution in [0.1, 0.15) is 19.4 Å². The number of pyridine rings is 1. The Morgan fingerprint density at radius 1 is 0.867 bits per heavy atom. The fourth-order valence-corrected chi connectivity index (χ4v) is 3.42. The van der Waals surface area contributed by atoms with Crippen molar-refractivity contribution in [3.8, 4) is 28.1 Å². The summed E-state index contributed by atoms with van der Waals surface area (Å²) in [5, 5.41) is 0.760. The Kier molecular flexibility index (Phi) is 5.49. The number of hydrogen-bond acceptors (Lipinski definition) is 2. The summed E-state index contributed by atoms with van der Waals surface area (Å²) in [6.45, 7) is 6.73. The van der Waals surface area contributed by atoms with Crippen molar-refractivity contribution in [1.29, 1.82) is 0 Å². The first-order valence-corrected chi connectivity index (χ1v) is 10.0. The molecule has 0 amide bonds. The van der Waals surface area contributed by atoms with E-state index in [1.54, 1.807) is 12.1 Å². The van der Waals surface area contributed by atoms with Crippen LogP contribution in [0.5, 0.6) is 5.75 Å². The summed E-state index contributed by atoms with van der Waals surface area (Å²) in [5.41, 5.74) is 4.24. The van der Waals surface area contributed by atoms with Crippen LogP contribution >= 0.6 is 0 Å². The van der Waals surface area contributed by atoms with E-state index in [1.807, 2.05) is 43.3 Å². The number of ether oxygens (including phenoxy) is 1. The third-order valence-electron chi connectivity index (χ3n) is 4.99. The molecule has 0 radical (unpaired) electrons. The van der Waals surface area contributed by atoms with Crippen LogP contribution in [0.15, 0.2) is 66.7 Å². The molecule has 0 saturated heterocycles. The van der Waals surface area contributed by atoms with Gasteiger partial charge in [-0.25, -0.2) is 13.8 Å². The van der Waals surface area contributed by atoms with Gasteiger partial charge in [0.15, 0.2) is 0 Å². The van der Waals surface area contributed by atoms with Crippen LogP contribution < -0.4 is 4.74 Å². The van der Waals surface area contributed by atoms with E-state index in [2.05, 4.69) is 18.8 Å². The second-order valence-corrected chi connectivity index (χ2v) is 7.91. The molecule has 3 aromatic carbocycles. The summed E-state index contributed by atoms with van der Waals surface area (Å²) in [4.78, 5) is 4.59. The highest BCUT2D eigenvalue weighted by atomic mass is 19.1. The van der Waals surface area contributed by atoms with E-state index in [0.29, 0.717) is 34.9 Å². The number of hydrogen-bond donors (Lipinski definition) is 0. The molecule has 0 aliphatic rings. The first kappa shape index (κ1) is 20.0. The van der Waals surface area contributed by atoms with Gasteiger partial charge in [0.25, 0.3) is 0 Å². The predicted molar refractivity (Wildman–Crippen MR) is 118 cm³/mol. The Bertz CT molecular complexity index is 1200.